The Hall–Kier alpha value is -1.35. The molecule has 1 aliphatic heterocycles. The van der Waals surface area contributed by atoms with Gasteiger partial charge in [0.15, 0.2) is 9.84 Å². The number of carbonyl (C=O) groups is 2. The molecule has 1 aromatic carbocycles. The van der Waals surface area contributed by atoms with Gasteiger partial charge in [0.25, 0.3) is 0 Å². The summed E-state index contributed by atoms with van der Waals surface area (Å²) in [5, 5.41) is 3.56. The molecule has 1 saturated heterocycles. The zero-order valence-corrected chi connectivity index (χ0v) is 20.6. The standard InChI is InChI=1S/C21H31Cl2N3O4S/c1-4-9-25(12-20(27)24-19-7-6-16(22)11-18(19)23)13-21(28)26(15(3)5-2)17-8-10-31(29,30)14-17/h6-7,11,15,17H,4-5,8-10,12-14H2,1-3H3,(H,24,27). The van der Waals surface area contributed by atoms with Gasteiger partial charge in [-0.15, -0.1) is 0 Å². The predicted octanol–water partition coefficient (Wildman–Crippen LogP) is 3.46. The third-order valence-electron chi connectivity index (χ3n) is 5.43. The summed E-state index contributed by atoms with van der Waals surface area (Å²) in [6.07, 6.45) is 1.96. The first-order valence-electron chi connectivity index (χ1n) is 10.5. The minimum atomic E-state index is -3.11. The molecule has 0 aliphatic carbocycles. The normalized spacial score (nSPS) is 18.7. The molecule has 2 rings (SSSR count). The van der Waals surface area contributed by atoms with Crippen LogP contribution in [0, 0.1) is 0 Å². The van der Waals surface area contributed by atoms with E-state index in [1.54, 1.807) is 28.0 Å². The van der Waals surface area contributed by atoms with Crippen LogP contribution in [0.2, 0.25) is 10.0 Å². The maximum absolute atomic E-state index is 13.2. The number of rotatable bonds is 10. The average Bonchev–Trinajstić information content (AvgIpc) is 3.03. The smallest absolute Gasteiger partial charge is 0.238 e. The minimum Gasteiger partial charge on any atom is -0.335 e. The maximum atomic E-state index is 13.2. The number of sulfone groups is 1. The van der Waals surface area contributed by atoms with E-state index in [9.17, 15) is 18.0 Å². The number of carbonyl (C=O) groups excluding carboxylic acids is 2. The highest BCUT2D eigenvalue weighted by Gasteiger charge is 2.36. The number of hydrogen-bond acceptors (Lipinski definition) is 5. The summed E-state index contributed by atoms with van der Waals surface area (Å²) in [7, 11) is -3.11. The van der Waals surface area contributed by atoms with E-state index in [4.69, 9.17) is 23.2 Å². The Labute approximate surface area is 195 Å². The van der Waals surface area contributed by atoms with Crippen molar-refractivity contribution in [2.45, 2.75) is 52.1 Å². The molecule has 1 aliphatic rings. The first kappa shape index (κ1) is 25.9. The molecule has 1 N–H and O–H groups in total. The van der Waals surface area contributed by atoms with Crippen molar-refractivity contribution >= 4 is 50.5 Å². The topological polar surface area (TPSA) is 86.8 Å². The van der Waals surface area contributed by atoms with Gasteiger partial charge in [-0.05, 0) is 50.9 Å². The van der Waals surface area contributed by atoms with Gasteiger partial charge in [0.2, 0.25) is 11.8 Å². The van der Waals surface area contributed by atoms with E-state index in [1.165, 1.54) is 0 Å². The average molecular weight is 492 g/mol. The minimum absolute atomic E-state index is 0.00636. The molecule has 10 heteroatoms. The monoisotopic (exact) mass is 491 g/mol. The molecule has 1 fully saturated rings. The summed E-state index contributed by atoms with van der Waals surface area (Å²) >= 11 is 12.0. The Kier molecular flexibility index (Phi) is 9.61. The molecule has 0 radical (unpaired) electrons. The van der Waals surface area contributed by atoms with Crippen molar-refractivity contribution in [3.63, 3.8) is 0 Å². The van der Waals surface area contributed by atoms with Gasteiger partial charge in [-0.3, -0.25) is 14.5 Å². The van der Waals surface area contributed by atoms with Gasteiger partial charge < -0.3 is 10.2 Å². The van der Waals surface area contributed by atoms with Gasteiger partial charge >= 0.3 is 0 Å². The molecular weight excluding hydrogens is 461 g/mol. The SMILES string of the molecule is CCCN(CC(=O)Nc1ccc(Cl)cc1Cl)CC(=O)N(C(C)CC)C1CCS(=O)(=O)C1. The number of benzene rings is 1. The Balaban J connectivity index is 2.07. The molecule has 0 saturated carbocycles. The largest absolute Gasteiger partial charge is 0.335 e. The molecule has 0 aromatic heterocycles. The fourth-order valence-corrected chi connectivity index (χ4v) is 5.95. The van der Waals surface area contributed by atoms with Crippen molar-refractivity contribution in [3.05, 3.63) is 28.2 Å². The molecule has 0 spiro atoms. The molecular formula is C21H31Cl2N3O4S. The number of hydrogen-bond donors (Lipinski definition) is 1. The summed E-state index contributed by atoms with van der Waals surface area (Å²) in [6.45, 7) is 6.52. The summed E-state index contributed by atoms with van der Waals surface area (Å²) in [6, 6.07) is 4.43. The summed E-state index contributed by atoms with van der Waals surface area (Å²) < 4.78 is 23.9. The van der Waals surface area contributed by atoms with Crippen LogP contribution in [-0.2, 0) is 19.4 Å². The summed E-state index contributed by atoms with van der Waals surface area (Å²) in [4.78, 5) is 29.2. The van der Waals surface area contributed by atoms with Crippen LogP contribution in [0.4, 0.5) is 5.69 Å². The van der Waals surface area contributed by atoms with Crippen molar-refractivity contribution in [2.75, 3.05) is 36.5 Å². The van der Waals surface area contributed by atoms with Gasteiger partial charge in [0, 0.05) is 17.1 Å². The van der Waals surface area contributed by atoms with Crippen molar-refractivity contribution in [3.8, 4) is 0 Å². The van der Waals surface area contributed by atoms with Gasteiger partial charge in [0.1, 0.15) is 0 Å². The molecule has 7 nitrogen and oxygen atoms in total. The van der Waals surface area contributed by atoms with E-state index in [-0.39, 0.29) is 48.5 Å². The number of anilines is 1. The molecule has 0 bridgehead atoms. The van der Waals surface area contributed by atoms with Crippen LogP contribution in [0.5, 0.6) is 0 Å². The molecule has 2 amide bonds. The maximum Gasteiger partial charge on any atom is 0.238 e. The molecule has 1 aromatic rings. The Morgan fingerprint density at radius 3 is 2.48 bits per heavy atom. The van der Waals surface area contributed by atoms with Gasteiger partial charge in [-0.2, -0.15) is 0 Å². The highest BCUT2D eigenvalue weighted by molar-refractivity contribution is 7.91. The fraction of sp³-hybridized carbons (Fsp3) is 0.619. The van der Waals surface area contributed by atoms with Crippen molar-refractivity contribution < 1.29 is 18.0 Å². The lowest BCUT2D eigenvalue weighted by Gasteiger charge is -2.35. The highest BCUT2D eigenvalue weighted by Crippen LogP contribution is 2.25. The van der Waals surface area contributed by atoms with Crippen LogP contribution < -0.4 is 5.32 Å². The zero-order chi connectivity index (χ0) is 23.2. The summed E-state index contributed by atoms with van der Waals surface area (Å²) in [5.74, 6) is -0.320. The second-order valence-electron chi connectivity index (χ2n) is 8.00. The van der Waals surface area contributed by atoms with Crippen LogP contribution >= 0.6 is 23.2 Å². The second-order valence-corrected chi connectivity index (χ2v) is 11.1. The lowest BCUT2D eigenvalue weighted by molar-refractivity contribution is -0.137. The zero-order valence-electron chi connectivity index (χ0n) is 18.2. The van der Waals surface area contributed by atoms with E-state index in [0.717, 1.165) is 12.8 Å². The summed E-state index contributed by atoms with van der Waals surface area (Å²) in [5.41, 5.74) is 0.455. The Bertz CT molecular complexity index is 895. The number of nitrogens with zero attached hydrogens (tertiary/aromatic N) is 2. The first-order chi connectivity index (χ1) is 14.6. The van der Waals surface area contributed by atoms with E-state index in [1.807, 2.05) is 20.8 Å². The number of halogens is 2. The van der Waals surface area contributed by atoms with Crippen LogP contribution in [0.25, 0.3) is 0 Å². The fourth-order valence-electron chi connectivity index (χ4n) is 3.79. The predicted molar refractivity (Wildman–Crippen MR) is 125 cm³/mol. The van der Waals surface area contributed by atoms with Gasteiger partial charge in [0.05, 0.1) is 35.3 Å². The third-order valence-corrected chi connectivity index (χ3v) is 7.72. The van der Waals surface area contributed by atoms with E-state index in [2.05, 4.69) is 5.32 Å². The molecule has 2 unspecified atom stereocenters. The molecule has 1 heterocycles. The van der Waals surface area contributed by atoms with Crippen molar-refractivity contribution in [1.82, 2.24) is 9.80 Å². The van der Waals surface area contributed by atoms with Crippen molar-refractivity contribution in [1.29, 1.82) is 0 Å². The Morgan fingerprint density at radius 2 is 1.94 bits per heavy atom. The number of nitrogens with one attached hydrogen (secondary N) is 1. The van der Waals surface area contributed by atoms with Crippen molar-refractivity contribution in [2.24, 2.45) is 0 Å². The van der Waals surface area contributed by atoms with E-state index < -0.39 is 9.84 Å². The van der Waals surface area contributed by atoms with E-state index in [0.29, 0.717) is 28.7 Å². The lowest BCUT2D eigenvalue weighted by Crippen LogP contribution is -2.51. The van der Waals surface area contributed by atoms with Crippen LogP contribution in [0.3, 0.4) is 0 Å². The van der Waals surface area contributed by atoms with Gasteiger partial charge in [-0.25, -0.2) is 8.42 Å². The number of amides is 2. The Morgan fingerprint density at radius 1 is 1.23 bits per heavy atom. The molecule has 174 valence electrons. The lowest BCUT2D eigenvalue weighted by atomic mass is 10.1. The van der Waals surface area contributed by atoms with Crippen LogP contribution in [-0.4, -0.2) is 73.3 Å². The second kappa shape index (κ2) is 11.5. The van der Waals surface area contributed by atoms with Gasteiger partial charge in [-0.1, -0.05) is 37.0 Å². The first-order valence-corrected chi connectivity index (χ1v) is 13.1. The molecule has 31 heavy (non-hydrogen) atoms. The van der Waals surface area contributed by atoms with E-state index >= 15 is 0 Å². The highest BCUT2D eigenvalue weighted by atomic mass is 35.5. The van der Waals surface area contributed by atoms with Crippen LogP contribution in [0.15, 0.2) is 18.2 Å². The van der Waals surface area contributed by atoms with Crippen LogP contribution in [0.1, 0.15) is 40.0 Å². The quantitative estimate of drug-likeness (QED) is 0.541. The molecule has 2 atom stereocenters. The third kappa shape index (κ3) is 7.63.